The summed E-state index contributed by atoms with van der Waals surface area (Å²) in [5.41, 5.74) is 6.63. The number of hydrogen-bond donors (Lipinski definition) is 2. The van der Waals surface area contributed by atoms with Crippen LogP contribution in [-0.2, 0) is 0 Å². The van der Waals surface area contributed by atoms with E-state index in [1.54, 1.807) is 25.1 Å². The van der Waals surface area contributed by atoms with Gasteiger partial charge in [-0.05, 0) is 25.1 Å². The third-order valence-electron chi connectivity index (χ3n) is 2.01. The smallest absolute Gasteiger partial charge is 0.252 e. The SMILES string of the molecule is CC#CCNC(=O)c1ccc(OC)c(N)c1. The number of methoxy groups -OCH3 is 1. The first kappa shape index (κ1) is 11.9. The minimum absolute atomic E-state index is 0.197. The topological polar surface area (TPSA) is 64.3 Å². The van der Waals surface area contributed by atoms with Gasteiger partial charge in [0.15, 0.2) is 0 Å². The van der Waals surface area contributed by atoms with Crippen molar-refractivity contribution in [2.75, 3.05) is 19.4 Å². The summed E-state index contributed by atoms with van der Waals surface area (Å²) in [7, 11) is 1.53. The first-order chi connectivity index (χ1) is 7.69. The molecule has 0 radical (unpaired) electrons. The number of benzene rings is 1. The van der Waals surface area contributed by atoms with Crippen LogP contribution in [0.2, 0.25) is 0 Å². The van der Waals surface area contributed by atoms with Crippen molar-refractivity contribution in [3.05, 3.63) is 23.8 Å². The van der Waals surface area contributed by atoms with Gasteiger partial charge >= 0.3 is 0 Å². The van der Waals surface area contributed by atoms with Crippen LogP contribution < -0.4 is 15.8 Å². The van der Waals surface area contributed by atoms with E-state index in [2.05, 4.69) is 17.2 Å². The number of nitrogens with two attached hydrogens (primary N) is 1. The lowest BCUT2D eigenvalue weighted by atomic mass is 10.2. The van der Waals surface area contributed by atoms with Crippen LogP contribution in [0.3, 0.4) is 0 Å². The zero-order valence-corrected chi connectivity index (χ0v) is 9.33. The van der Waals surface area contributed by atoms with Gasteiger partial charge in [-0.3, -0.25) is 4.79 Å². The third kappa shape index (κ3) is 2.92. The normalized spacial score (nSPS) is 8.88. The first-order valence-corrected chi connectivity index (χ1v) is 4.80. The number of ether oxygens (including phenoxy) is 1. The van der Waals surface area contributed by atoms with E-state index in [1.807, 2.05) is 0 Å². The molecule has 0 aliphatic carbocycles. The van der Waals surface area contributed by atoms with Gasteiger partial charge in [0.1, 0.15) is 5.75 Å². The molecule has 0 saturated heterocycles. The number of hydrogen-bond acceptors (Lipinski definition) is 3. The highest BCUT2D eigenvalue weighted by molar-refractivity contribution is 5.95. The fraction of sp³-hybridized carbons (Fsp3) is 0.250. The highest BCUT2D eigenvalue weighted by Crippen LogP contribution is 2.21. The number of carbonyl (C=O) groups excluding carboxylic acids is 1. The summed E-state index contributed by atoms with van der Waals surface area (Å²) in [4.78, 5) is 11.6. The maximum Gasteiger partial charge on any atom is 0.252 e. The number of nitrogens with one attached hydrogen (secondary N) is 1. The average Bonchev–Trinajstić information content (AvgIpc) is 2.29. The molecule has 84 valence electrons. The molecule has 0 spiro atoms. The van der Waals surface area contributed by atoms with E-state index >= 15 is 0 Å². The van der Waals surface area contributed by atoms with Gasteiger partial charge in [-0.15, -0.1) is 5.92 Å². The summed E-state index contributed by atoms with van der Waals surface area (Å²) in [6.07, 6.45) is 0. The summed E-state index contributed by atoms with van der Waals surface area (Å²) in [5, 5.41) is 2.66. The Kier molecular flexibility index (Phi) is 4.22. The lowest BCUT2D eigenvalue weighted by molar-refractivity contribution is 0.0958. The van der Waals surface area contributed by atoms with Crippen molar-refractivity contribution in [3.8, 4) is 17.6 Å². The minimum atomic E-state index is -0.197. The van der Waals surface area contributed by atoms with Gasteiger partial charge in [0.25, 0.3) is 5.91 Å². The first-order valence-electron chi connectivity index (χ1n) is 4.80. The molecular formula is C12H14N2O2. The monoisotopic (exact) mass is 218 g/mol. The molecule has 0 aliphatic heterocycles. The molecule has 0 aromatic heterocycles. The standard InChI is InChI=1S/C12H14N2O2/c1-3-4-7-14-12(15)9-5-6-11(16-2)10(13)8-9/h5-6,8H,7,13H2,1-2H3,(H,14,15). The Morgan fingerprint density at radius 3 is 2.88 bits per heavy atom. The molecule has 0 unspecified atom stereocenters. The van der Waals surface area contributed by atoms with Crippen molar-refractivity contribution in [2.24, 2.45) is 0 Å². The van der Waals surface area contributed by atoms with Crippen molar-refractivity contribution in [1.29, 1.82) is 0 Å². The zero-order valence-electron chi connectivity index (χ0n) is 9.33. The molecule has 0 aliphatic rings. The maximum absolute atomic E-state index is 11.6. The molecular weight excluding hydrogens is 204 g/mol. The molecule has 1 aromatic carbocycles. The van der Waals surface area contributed by atoms with Crippen LogP contribution in [0.5, 0.6) is 5.75 Å². The van der Waals surface area contributed by atoms with Crippen molar-refractivity contribution >= 4 is 11.6 Å². The van der Waals surface area contributed by atoms with Crippen LogP contribution in [0, 0.1) is 11.8 Å². The van der Waals surface area contributed by atoms with Gasteiger partial charge in [0.05, 0.1) is 19.3 Å². The van der Waals surface area contributed by atoms with E-state index in [4.69, 9.17) is 10.5 Å². The predicted octanol–water partition coefficient (Wildman–Crippen LogP) is 1.03. The van der Waals surface area contributed by atoms with E-state index in [0.717, 1.165) is 0 Å². The molecule has 4 heteroatoms. The fourth-order valence-corrected chi connectivity index (χ4v) is 1.19. The number of anilines is 1. The van der Waals surface area contributed by atoms with Gasteiger partial charge < -0.3 is 15.8 Å². The second-order valence-electron chi connectivity index (χ2n) is 3.07. The summed E-state index contributed by atoms with van der Waals surface area (Å²) in [6, 6.07) is 4.90. The number of rotatable bonds is 3. The average molecular weight is 218 g/mol. The number of nitrogen functional groups attached to an aromatic ring is 1. The van der Waals surface area contributed by atoms with E-state index in [-0.39, 0.29) is 5.91 Å². The molecule has 1 amide bonds. The molecule has 0 heterocycles. The predicted molar refractivity (Wildman–Crippen MR) is 63.2 cm³/mol. The Morgan fingerprint density at radius 2 is 2.31 bits per heavy atom. The molecule has 0 saturated carbocycles. The Morgan fingerprint density at radius 1 is 1.56 bits per heavy atom. The molecule has 0 fully saturated rings. The summed E-state index contributed by atoms with van der Waals surface area (Å²) < 4.78 is 5.00. The highest BCUT2D eigenvalue weighted by Gasteiger charge is 2.07. The highest BCUT2D eigenvalue weighted by atomic mass is 16.5. The zero-order chi connectivity index (χ0) is 12.0. The van der Waals surface area contributed by atoms with E-state index in [9.17, 15) is 4.79 Å². The molecule has 3 N–H and O–H groups in total. The molecule has 1 rings (SSSR count). The summed E-state index contributed by atoms with van der Waals surface area (Å²) in [5.74, 6) is 5.81. The molecule has 0 bridgehead atoms. The van der Waals surface area contributed by atoms with Gasteiger partial charge in [-0.1, -0.05) is 5.92 Å². The molecule has 4 nitrogen and oxygen atoms in total. The second kappa shape index (κ2) is 5.66. The maximum atomic E-state index is 11.6. The third-order valence-corrected chi connectivity index (χ3v) is 2.01. The van der Waals surface area contributed by atoms with Crippen molar-refractivity contribution in [2.45, 2.75) is 6.92 Å². The van der Waals surface area contributed by atoms with Crippen LogP contribution in [0.25, 0.3) is 0 Å². The van der Waals surface area contributed by atoms with Gasteiger partial charge in [0.2, 0.25) is 0 Å². The largest absolute Gasteiger partial charge is 0.495 e. The quantitative estimate of drug-likeness (QED) is 0.588. The molecule has 16 heavy (non-hydrogen) atoms. The molecule has 1 aromatic rings. The van der Waals surface area contributed by atoms with Crippen LogP contribution in [0.1, 0.15) is 17.3 Å². The van der Waals surface area contributed by atoms with Crippen LogP contribution in [0.15, 0.2) is 18.2 Å². The van der Waals surface area contributed by atoms with Gasteiger partial charge in [0, 0.05) is 5.56 Å². The van der Waals surface area contributed by atoms with Crippen molar-refractivity contribution < 1.29 is 9.53 Å². The van der Waals surface area contributed by atoms with E-state index < -0.39 is 0 Å². The number of carbonyl (C=O) groups is 1. The van der Waals surface area contributed by atoms with Crippen LogP contribution >= 0.6 is 0 Å². The van der Waals surface area contributed by atoms with Crippen LogP contribution in [-0.4, -0.2) is 19.6 Å². The summed E-state index contributed by atoms with van der Waals surface area (Å²) in [6.45, 7) is 2.05. The van der Waals surface area contributed by atoms with Gasteiger partial charge in [-0.25, -0.2) is 0 Å². The van der Waals surface area contributed by atoms with Gasteiger partial charge in [-0.2, -0.15) is 0 Å². The fourth-order valence-electron chi connectivity index (χ4n) is 1.19. The second-order valence-corrected chi connectivity index (χ2v) is 3.07. The van der Waals surface area contributed by atoms with Crippen molar-refractivity contribution in [3.63, 3.8) is 0 Å². The Hall–Kier alpha value is -2.15. The number of amides is 1. The van der Waals surface area contributed by atoms with Crippen molar-refractivity contribution in [1.82, 2.24) is 5.32 Å². The Labute approximate surface area is 94.8 Å². The lowest BCUT2D eigenvalue weighted by Crippen LogP contribution is -2.23. The molecule has 0 atom stereocenters. The minimum Gasteiger partial charge on any atom is -0.495 e. The lowest BCUT2D eigenvalue weighted by Gasteiger charge is -2.06. The Balaban J connectivity index is 2.75. The summed E-state index contributed by atoms with van der Waals surface area (Å²) >= 11 is 0. The van der Waals surface area contributed by atoms with E-state index in [0.29, 0.717) is 23.5 Å². The van der Waals surface area contributed by atoms with E-state index in [1.165, 1.54) is 7.11 Å². The Bertz CT molecular complexity index is 444. The van der Waals surface area contributed by atoms with Crippen LogP contribution in [0.4, 0.5) is 5.69 Å².